The Morgan fingerprint density at radius 3 is 2.35 bits per heavy atom. The van der Waals surface area contributed by atoms with Crippen molar-refractivity contribution < 1.29 is 27.5 Å². The molecule has 0 unspecified atom stereocenters. The molecule has 1 N–H and O–H groups in total. The average molecular weight is 445 g/mol. The van der Waals surface area contributed by atoms with Crippen LogP contribution in [0.3, 0.4) is 0 Å². The van der Waals surface area contributed by atoms with E-state index in [1.165, 1.54) is 11.2 Å². The Kier molecular flexibility index (Phi) is 5.97. The fraction of sp³-hybridized carbons (Fsp3) is 0.364. The number of nitrogens with zero attached hydrogens (tertiary/aromatic N) is 1. The summed E-state index contributed by atoms with van der Waals surface area (Å²) in [4.78, 5) is 24.8. The molecule has 4 rings (SSSR count). The molecule has 2 heterocycles. The number of nitrogens with one attached hydrogen (secondary N) is 1. The number of ether oxygens (including phenoxy) is 2. The summed E-state index contributed by atoms with van der Waals surface area (Å²) in [5.74, 6) is 0.122. The molecule has 0 aliphatic carbocycles. The normalized spacial score (nSPS) is 16.8. The van der Waals surface area contributed by atoms with E-state index < -0.39 is 10.0 Å². The van der Waals surface area contributed by atoms with Crippen molar-refractivity contribution in [3.63, 3.8) is 0 Å². The zero-order valence-electron chi connectivity index (χ0n) is 17.2. The van der Waals surface area contributed by atoms with Gasteiger partial charge in [0, 0.05) is 30.6 Å². The van der Waals surface area contributed by atoms with E-state index in [4.69, 9.17) is 9.47 Å². The minimum Gasteiger partial charge on any atom is -0.454 e. The van der Waals surface area contributed by atoms with Crippen LogP contribution < -0.4 is 14.8 Å². The van der Waals surface area contributed by atoms with Gasteiger partial charge in [0.25, 0.3) is 0 Å². The molecule has 31 heavy (non-hydrogen) atoms. The second-order valence-electron chi connectivity index (χ2n) is 7.71. The molecule has 0 aromatic heterocycles. The Hall–Kier alpha value is -2.91. The first-order valence-corrected chi connectivity index (χ1v) is 11.7. The third kappa shape index (κ3) is 4.72. The molecule has 1 amide bonds. The quantitative estimate of drug-likeness (QED) is 0.688. The molecule has 2 aliphatic heterocycles. The molecule has 0 bridgehead atoms. The van der Waals surface area contributed by atoms with E-state index in [0.717, 1.165) is 5.56 Å². The summed E-state index contributed by atoms with van der Waals surface area (Å²) < 4.78 is 37.5. The van der Waals surface area contributed by atoms with Crippen molar-refractivity contribution in [3.05, 3.63) is 53.6 Å². The molecular formula is C22H24N2O6S. The van der Waals surface area contributed by atoms with Crippen molar-refractivity contribution in [1.29, 1.82) is 0 Å². The van der Waals surface area contributed by atoms with Gasteiger partial charge in [-0.1, -0.05) is 30.3 Å². The molecule has 2 aliphatic rings. The second kappa shape index (κ2) is 8.68. The van der Waals surface area contributed by atoms with Crippen LogP contribution in [0, 0.1) is 5.92 Å². The third-order valence-corrected chi connectivity index (χ3v) is 7.41. The molecule has 0 radical (unpaired) electrons. The molecule has 1 fully saturated rings. The summed E-state index contributed by atoms with van der Waals surface area (Å²) >= 11 is 0. The largest absolute Gasteiger partial charge is 0.454 e. The zero-order chi connectivity index (χ0) is 22.0. The molecule has 9 heteroatoms. The first-order chi connectivity index (χ1) is 14.8. The van der Waals surface area contributed by atoms with Gasteiger partial charge in [-0.05, 0) is 31.4 Å². The molecule has 0 saturated carbocycles. The number of ketones is 1. The number of fused-ring (bicyclic) bond motifs is 1. The number of piperidine rings is 1. The number of amides is 1. The van der Waals surface area contributed by atoms with Crippen LogP contribution >= 0.6 is 0 Å². The number of rotatable bonds is 6. The predicted molar refractivity (Wildman–Crippen MR) is 115 cm³/mol. The lowest BCUT2D eigenvalue weighted by molar-refractivity contribution is -0.120. The van der Waals surface area contributed by atoms with Crippen molar-refractivity contribution in [2.75, 3.05) is 25.2 Å². The summed E-state index contributed by atoms with van der Waals surface area (Å²) in [6.07, 6.45) is 0.833. The number of Topliss-reactive ketones (excluding diaryl/α,β-unsaturated/α-hetero) is 1. The lowest BCUT2D eigenvalue weighted by atomic mass is 9.96. The van der Waals surface area contributed by atoms with E-state index in [1.54, 1.807) is 24.3 Å². The smallest absolute Gasteiger partial charge is 0.231 e. The molecular weight excluding hydrogens is 420 g/mol. The topological polar surface area (TPSA) is 102 Å². The summed E-state index contributed by atoms with van der Waals surface area (Å²) in [6.45, 7) is 2.06. The first-order valence-electron chi connectivity index (χ1n) is 10.1. The van der Waals surface area contributed by atoms with Crippen molar-refractivity contribution in [1.82, 2.24) is 4.31 Å². The van der Waals surface area contributed by atoms with Gasteiger partial charge in [-0.15, -0.1) is 0 Å². The van der Waals surface area contributed by atoms with E-state index >= 15 is 0 Å². The third-order valence-electron chi connectivity index (χ3n) is 5.56. The summed E-state index contributed by atoms with van der Waals surface area (Å²) in [7, 11) is -3.44. The van der Waals surface area contributed by atoms with E-state index in [2.05, 4.69) is 5.32 Å². The number of benzene rings is 2. The Balaban J connectivity index is 1.39. The van der Waals surface area contributed by atoms with E-state index in [9.17, 15) is 18.0 Å². The molecule has 2 aromatic carbocycles. The van der Waals surface area contributed by atoms with Gasteiger partial charge in [0.1, 0.15) is 0 Å². The van der Waals surface area contributed by atoms with Crippen LogP contribution in [0.2, 0.25) is 0 Å². The van der Waals surface area contributed by atoms with Gasteiger partial charge >= 0.3 is 0 Å². The maximum atomic E-state index is 12.8. The van der Waals surface area contributed by atoms with Crippen LogP contribution in [-0.2, 0) is 20.6 Å². The number of anilines is 1. The van der Waals surface area contributed by atoms with Gasteiger partial charge in [0.2, 0.25) is 22.7 Å². The minimum atomic E-state index is -3.44. The monoisotopic (exact) mass is 444 g/mol. The van der Waals surface area contributed by atoms with Crippen LogP contribution in [-0.4, -0.2) is 44.3 Å². The Morgan fingerprint density at radius 1 is 1.06 bits per heavy atom. The Morgan fingerprint density at radius 2 is 1.71 bits per heavy atom. The standard InChI is InChI=1S/C22H24N2O6S/c1-15(25)18-11-20-21(30-14-29-20)12-19(18)23-22(26)17-7-9-24(10-8-17)31(27,28)13-16-5-3-2-4-6-16/h2-6,11-12,17H,7-10,13-14H2,1H3,(H,23,26). The van der Waals surface area contributed by atoms with Gasteiger partial charge in [-0.25, -0.2) is 12.7 Å². The Labute approximate surface area is 181 Å². The minimum absolute atomic E-state index is 0.0517. The number of sulfonamides is 1. The van der Waals surface area contributed by atoms with E-state index in [0.29, 0.717) is 35.6 Å². The Bertz CT molecular complexity index is 1090. The van der Waals surface area contributed by atoms with Gasteiger partial charge in [0.15, 0.2) is 17.3 Å². The highest BCUT2D eigenvalue weighted by molar-refractivity contribution is 7.88. The van der Waals surface area contributed by atoms with Gasteiger partial charge in [-0.3, -0.25) is 9.59 Å². The number of carbonyl (C=O) groups is 2. The van der Waals surface area contributed by atoms with Gasteiger partial charge in [0.05, 0.1) is 11.4 Å². The second-order valence-corrected chi connectivity index (χ2v) is 9.68. The SMILES string of the molecule is CC(=O)c1cc2c(cc1NC(=O)C1CCN(S(=O)(=O)Cc3ccccc3)CC1)OCO2. The molecule has 2 aromatic rings. The fourth-order valence-corrected chi connectivity index (χ4v) is 5.41. The van der Waals surface area contributed by atoms with Crippen LogP contribution in [0.15, 0.2) is 42.5 Å². The van der Waals surface area contributed by atoms with Gasteiger partial charge < -0.3 is 14.8 Å². The number of hydrogen-bond donors (Lipinski definition) is 1. The highest BCUT2D eigenvalue weighted by atomic mass is 32.2. The molecule has 8 nitrogen and oxygen atoms in total. The van der Waals surface area contributed by atoms with Crippen LogP contribution in [0.25, 0.3) is 0 Å². The fourth-order valence-electron chi connectivity index (χ4n) is 3.84. The van der Waals surface area contributed by atoms with Crippen LogP contribution in [0.1, 0.15) is 35.7 Å². The average Bonchev–Trinajstić information content (AvgIpc) is 3.21. The van der Waals surface area contributed by atoms with Crippen molar-refractivity contribution in [2.24, 2.45) is 5.92 Å². The highest BCUT2D eigenvalue weighted by Gasteiger charge is 2.32. The van der Waals surface area contributed by atoms with Crippen LogP contribution in [0.4, 0.5) is 5.69 Å². The van der Waals surface area contributed by atoms with Gasteiger partial charge in [-0.2, -0.15) is 0 Å². The van der Waals surface area contributed by atoms with Crippen LogP contribution in [0.5, 0.6) is 11.5 Å². The zero-order valence-corrected chi connectivity index (χ0v) is 18.0. The van der Waals surface area contributed by atoms with Crippen molar-refractivity contribution in [3.8, 4) is 11.5 Å². The summed E-state index contributed by atoms with van der Waals surface area (Å²) in [5, 5.41) is 2.82. The first kappa shape index (κ1) is 21.3. The lowest BCUT2D eigenvalue weighted by Crippen LogP contribution is -2.42. The summed E-state index contributed by atoms with van der Waals surface area (Å²) in [6, 6.07) is 12.2. The molecule has 0 spiro atoms. The molecule has 0 atom stereocenters. The van der Waals surface area contributed by atoms with Crippen molar-refractivity contribution in [2.45, 2.75) is 25.5 Å². The molecule has 164 valence electrons. The maximum absolute atomic E-state index is 12.8. The lowest BCUT2D eigenvalue weighted by Gasteiger charge is -2.30. The predicted octanol–water partition coefficient (Wildman–Crippen LogP) is 2.80. The van der Waals surface area contributed by atoms with Crippen molar-refractivity contribution >= 4 is 27.4 Å². The highest BCUT2D eigenvalue weighted by Crippen LogP contribution is 2.37. The maximum Gasteiger partial charge on any atom is 0.231 e. The van der Waals surface area contributed by atoms with E-state index in [1.807, 2.05) is 18.2 Å². The number of carbonyl (C=O) groups excluding carboxylic acids is 2. The summed E-state index contributed by atoms with van der Waals surface area (Å²) in [5.41, 5.74) is 1.46. The van der Waals surface area contributed by atoms with E-state index in [-0.39, 0.29) is 43.2 Å². The molecule has 1 saturated heterocycles. The number of hydrogen-bond acceptors (Lipinski definition) is 6.